The number of hydrogen-bond donors (Lipinski definition) is 4. The first-order valence-corrected chi connectivity index (χ1v) is 9.26. The zero-order chi connectivity index (χ0) is 18.7. The van der Waals surface area contributed by atoms with Crippen LogP contribution in [0.25, 0.3) is 0 Å². The molecular weight excluding hydrogens is 332 g/mol. The maximum atomic E-state index is 12.7. The van der Waals surface area contributed by atoms with Crippen molar-refractivity contribution in [2.75, 3.05) is 19.0 Å². The van der Waals surface area contributed by atoms with Gasteiger partial charge in [-0.2, -0.15) is 0 Å². The van der Waals surface area contributed by atoms with Gasteiger partial charge >= 0.3 is 0 Å². The molecule has 0 saturated carbocycles. The lowest BCUT2D eigenvalue weighted by molar-refractivity contribution is -0.126. The highest BCUT2D eigenvalue weighted by Crippen LogP contribution is 2.35. The Labute approximate surface area is 154 Å². The Morgan fingerprint density at radius 3 is 2.69 bits per heavy atom. The predicted octanol–water partition coefficient (Wildman–Crippen LogP) is 1.52. The third-order valence-corrected chi connectivity index (χ3v) is 5.45. The van der Waals surface area contributed by atoms with E-state index in [1.807, 2.05) is 6.07 Å². The second kappa shape index (κ2) is 8.05. The number of hydrazine groups is 1. The standard InChI is InChI=1S/C19H28N4O3/c1-11-14(12(2)23-22-11)5-4-8-20-19(25)16-10-18(24)21-17-7-6-13(26-3)9-15(16)17/h6-7,9,11-12,14,16,22-23H,4-5,8,10H2,1-3H3,(H,20,25)(H,21,24). The van der Waals surface area contributed by atoms with Crippen LogP contribution in [-0.2, 0) is 9.59 Å². The predicted molar refractivity (Wildman–Crippen MR) is 99.9 cm³/mol. The first kappa shape index (κ1) is 18.7. The van der Waals surface area contributed by atoms with Gasteiger partial charge < -0.3 is 15.4 Å². The van der Waals surface area contributed by atoms with Crippen LogP contribution in [0.5, 0.6) is 5.75 Å². The van der Waals surface area contributed by atoms with Gasteiger partial charge in [0.2, 0.25) is 11.8 Å². The van der Waals surface area contributed by atoms with E-state index in [0.717, 1.165) is 18.4 Å². The van der Waals surface area contributed by atoms with Crippen molar-refractivity contribution >= 4 is 17.5 Å². The fraction of sp³-hybridized carbons (Fsp3) is 0.579. The topological polar surface area (TPSA) is 91.5 Å². The SMILES string of the molecule is COc1ccc2c(c1)C(C(=O)NCCCC1C(C)NNC1C)CC(=O)N2. The number of anilines is 1. The van der Waals surface area contributed by atoms with Gasteiger partial charge in [-0.1, -0.05) is 0 Å². The number of rotatable bonds is 6. The largest absolute Gasteiger partial charge is 0.497 e. The van der Waals surface area contributed by atoms with Crippen LogP contribution in [0.15, 0.2) is 18.2 Å². The smallest absolute Gasteiger partial charge is 0.228 e. The highest BCUT2D eigenvalue weighted by Gasteiger charge is 2.31. The number of benzene rings is 1. The van der Waals surface area contributed by atoms with E-state index in [2.05, 4.69) is 35.3 Å². The molecule has 26 heavy (non-hydrogen) atoms. The molecule has 1 fully saturated rings. The number of fused-ring (bicyclic) bond motifs is 1. The highest BCUT2D eigenvalue weighted by atomic mass is 16.5. The van der Waals surface area contributed by atoms with Crippen molar-refractivity contribution in [3.05, 3.63) is 23.8 Å². The van der Waals surface area contributed by atoms with Crippen LogP contribution in [-0.4, -0.2) is 37.6 Å². The zero-order valence-electron chi connectivity index (χ0n) is 15.6. The summed E-state index contributed by atoms with van der Waals surface area (Å²) in [6.07, 6.45) is 2.12. The minimum absolute atomic E-state index is 0.0990. The minimum Gasteiger partial charge on any atom is -0.497 e. The number of methoxy groups -OCH3 is 1. The number of nitrogens with one attached hydrogen (secondary N) is 4. The lowest BCUT2D eigenvalue weighted by atomic mass is 9.89. The summed E-state index contributed by atoms with van der Waals surface area (Å²) in [6.45, 7) is 4.96. The summed E-state index contributed by atoms with van der Waals surface area (Å²) in [5.74, 6) is 0.535. The number of hydrogen-bond acceptors (Lipinski definition) is 5. The van der Waals surface area contributed by atoms with Crippen molar-refractivity contribution in [2.24, 2.45) is 5.92 Å². The Kier molecular flexibility index (Phi) is 5.78. The number of carbonyl (C=O) groups excluding carboxylic acids is 2. The third kappa shape index (κ3) is 3.99. The Morgan fingerprint density at radius 1 is 1.27 bits per heavy atom. The molecule has 2 heterocycles. The van der Waals surface area contributed by atoms with Gasteiger partial charge in [-0.05, 0) is 56.4 Å². The summed E-state index contributed by atoms with van der Waals surface area (Å²) in [6, 6.07) is 6.27. The molecule has 4 N–H and O–H groups in total. The average Bonchev–Trinajstić information content (AvgIpc) is 2.95. The quantitative estimate of drug-likeness (QED) is 0.578. The molecule has 2 amide bonds. The summed E-state index contributed by atoms with van der Waals surface area (Å²) >= 11 is 0. The molecule has 3 atom stereocenters. The van der Waals surface area contributed by atoms with Crippen molar-refractivity contribution in [3.8, 4) is 5.75 Å². The average molecular weight is 360 g/mol. The fourth-order valence-corrected chi connectivity index (χ4v) is 3.88. The van der Waals surface area contributed by atoms with Crippen molar-refractivity contribution < 1.29 is 14.3 Å². The maximum Gasteiger partial charge on any atom is 0.228 e. The van der Waals surface area contributed by atoms with E-state index in [-0.39, 0.29) is 18.2 Å². The van der Waals surface area contributed by atoms with Gasteiger partial charge in [0.1, 0.15) is 5.75 Å². The van der Waals surface area contributed by atoms with Crippen LogP contribution in [0.3, 0.4) is 0 Å². The molecule has 0 aliphatic carbocycles. The van der Waals surface area contributed by atoms with E-state index in [0.29, 0.717) is 36.0 Å². The number of ether oxygens (including phenoxy) is 1. The molecule has 3 unspecified atom stereocenters. The van der Waals surface area contributed by atoms with Crippen molar-refractivity contribution in [1.82, 2.24) is 16.2 Å². The van der Waals surface area contributed by atoms with E-state index in [1.165, 1.54) is 0 Å². The van der Waals surface area contributed by atoms with Gasteiger partial charge in [-0.25, -0.2) is 0 Å². The zero-order valence-corrected chi connectivity index (χ0v) is 15.6. The van der Waals surface area contributed by atoms with E-state index < -0.39 is 5.92 Å². The molecule has 7 nitrogen and oxygen atoms in total. The monoisotopic (exact) mass is 360 g/mol. The van der Waals surface area contributed by atoms with E-state index in [1.54, 1.807) is 19.2 Å². The van der Waals surface area contributed by atoms with E-state index >= 15 is 0 Å². The molecule has 0 aromatic heterocycles. The maximum absolute atomic E-state index is 12.7. The fourth-order valence-electron chi connectivity index (χ4n) is 3.88. The van der Waals surface area contributed by atoms with Crippen LogP contribution in [0.1, 0.15) is 44.6 Å². The summed E-state index contributed by atoms with van der Waals surface area (Å²) in [5, 5.41) is 5.83. The Hall–Kier alpha value is -2.12. The third-order valence-electron chi connectivity index (χ3n) is 5.45. The van der Waals surface area contributed by atoms with Crippen LogP contribution in [0.4, 0.5) is 5.69 Å². The van der Waals surface area contributed by atoms with Gasteiger partial charge in [0.05, 0.1) is 13.0 Å². The number of carbonyl (C=O) groups is 2. The number of amides is 2. The van der Waals surface area contributed by atoms with Crippen molar-refractivity contribution in [3.63, 3.8) is 0 Å². The first-order chi connectivity index (χ1) is 12.5. The first-order valence-electron chi connectivity index (χ1n) is 9.26. The van der Waals surface area contributed by atoms with Gasteiger partial charge in [0.25, 0.3) is 0 Å². The van der Waals surface area contributed by atoms with Gasteiger partial charge in [0, 0.05) is 30.7 Å². The summed E-state index contributed by atoms with van der Waals surface area (Å²) in [7, 11) is 1.59. The molecule has 2 aliphatic rings. The van der Waals surface area contributed by atoms with E-state index in [4.69, 9.17) is 4.74 Å². The second-order valence-corrected chi connectivity index (χ2v) is 7.22. The second-order valence-electron chi connectivity index (χ2n) is 7.22. The van der Waals surface area contributed by atoms with Gasteiger partial charge in [-0.3, -0.25) is 20.4 Å². The molecule has 2 aliphatic heterocycles. The highest BCUT2D eigenvalue weighted by molar-refractivity contribution is 6.01. The minimum atomic E-state index is -0.471. The van der Waals surface area contributed by atoms with Crippen molar-refractivity contribution in [2.45, 2.75) is 51.1 Å². The molecule has 1 saturated heterocycles. The Morgan fingerprint density at radius 2 is 2.00 bits per heavy atom. The lowest BCUT2D eigenvalue weighted by Crippen LogP contribution is -2.35. The summed E-state index contributed by atoms with van der Waals surface area (Å²) < 4.78 is 5.25. The van der Waals surface area contributed by atoms with Crippen LogP contribution in [0.2, 0.25) is 0 Å². The molecular formula is C19H28N4O3. The van der Waals surface area contributed by atoms with Crippen molar-refractivity contribution in [1.29, 1.82) is 0 Å². The van der Waals surface area contributed by atoms with E-state index in [9.17, 15) is 9.59 Å². The molecule has 142 valence electrons. The molecule has 0 radical (unpaired) electrons. The van der Waals surface area contributed by atoms with Crippen LogP contribution in [0, 0.1) is 5.92 Å². The Bertz CT molecular complexity index is 669. The lowest BCUT2D eigenvalue weighted by Gasteiger charge is -2.25. The van der Waals surface area contributed by atoms with Gasteiger partial charge in [-0.15, -0.1) is 0 Å². The van der Waals surface area contributed by atoms with Crippen LogP contribution >= 0.6 is 0 Å². The molecule has 3 rings (SSSR count). The summed E-state index contributed by atoms with van der Waals surface area (Å²) in [4.78, 5) is 24.6. The van der Waals surface area contributed by atoms with Crippen LogP contribution < -0.4 is 26.2 Å². The Balaban J connectivity index is 1.57. The molecule has 1 aromatic rings. The molecule has 0 bridgehead atoms. The summed E-state index contributed by atoms with van der Waals surface area (Å²) in [5.41, 5.74) is 8.01. The molecule has 7 heteroatoms. The molecule has 1 aromatic carbocycles. The molecule has 0 spiro atoms. The normalized spacial score (nSPS) is 27.6. The van der Waals surface area contributed by atoms with Gasteiger partial charge in [0.15, 0.2) is 0 Å².